The fourth-order valence-corrected chi connectivity index (χ4v) is 3.62. The molecule has 2 unspecified atom stereocenters. The van der Waals surface area contributed by atoms with E-state index in [1.165, 1.54) is 0 Å². The van der Waals surface area contributed by atoms with Crippen molar-refractivity contribution in [3.8, 4) is 5.75 Å². The van der Waals surface area contributed by atoms with Crippen molar-refractivity contribution in [1.29, 1.82) is 0 Å². The zero-order valence-corrected chi connectivity index (χ0v) is 13.1. The summed E-state index contributed by atoms with van der Waals surface area (Å²) in [6.45, 7) is 1.52. The SMILES string of the molecule is O=C(CC1CCOc2ccccc21)NC1CCc2nccn2C1. The van der Waals surface area contributed by atoms with Crippen molar-refractivity contribution in [2.75, 3.05) is 6.61 Å². The van der Waals surface area contributed by atoms with Gasteiger partial charge in [-0.2, -0.15) is 0 Å². The van der Waals surface area contributed by atoms with E-state index in [9.17, 15) is 4.79 Å². The first-order chi connectivity index (χ1) is 11.3. The Balaban J connectivity index is 1.38. The Bertz CT molecular complexity index is 710. The number of carbonyl (C=O) groups is 1. The van der Waals surface area contributed by atoms with Crippen LogP contribution in [0.4, 0.5) is 0 Å². The molecule has 0 radical (unpaired) electrons. The number of amides is 1. The van der Waals surface area contributed by atoms with E-state index in [0.29, 0.717) is 13.0 Å². The van der Waals surface area contributed by atoms with E-state index in [0.717, 1.165) is 42.9 Å². The van der Waals surface area contributed by atoms with Gasteiger partial charge in [-0.05, 0) is 30.4 Å². The third kappa shape index (κ3) is 2.96. The number of fused-ring (bicyclic) bond motifs is 2. The van der Waals surface area contributed by atoms with Crippen LogP contribution in [0, 0.1) is 0 Å². The lowest BCUT2D eigenvalue weighted by Crippen LogP contribution is -2.41. The van der Waals surface area contributed by atoms with Gasteiger partial charge in [-0.3, -0.25) is 4.79 Å². The fraction of sp³-hybridized carbons (Fsp3) is 0.444. The molecule has 120 valence electrons. The van der Waals surface area contributed by atoms with Gasteiger partial charge in [0.05, 0.1) is 6.61 Å². The molecule has 1 amide bonds. The van der Waals surface area contributed by atoms with Gasteiger partial charge < -0.3 is 14.6 Å². The van der Waals surface area contributed by atoms with Crippen LogP contribution in [0.2, 0.25) is 0 Å². The number of rotatable bonds is 3. The van der Waals surface area contributed by atoms with Gasteiger partial charge in [-0.25, -0.2) is 4.98 Å². The highest BCUT2D eigenvalue weighted by atomic mass is 16.5. The normalized spacial score (nSPS) is 22.6. The summed E-state index contributed by atoms with van der Waals surface area (Å²) in [6, 6.07) is 8.26. The number of nitrogens with one attached hydrogen (secondary N) is 1. The summed E-state index contributed by atoms with van der Waals surface area (Å²) >= 11 is 0. The summed E-state index contributed by atoms with van der Waals surface area (Å²) in [7, 11) is 0. The summed E-state index contributed by atoms with van der Waals surface area (Å²) in [5, 5.41) is 3.20. The molecule has 0 saturated carbocycles. The lowest BCUT2D eigenvalue weighted by Gasteiger charge is -2.28. The molecular formula is C18H21N3O2. The van der Waals surface area contributed by atoms with Crippen molar-refractivity contribution in [3.05, 3.63) is 48.0 Å². The molecule has 2 atom stereocenters. The highest BCUT2D eigenvalue weighted by molar-refractivity contribution is 5.77. The quantitative estimate of drug-likeness (QED) is 0.946. The van der Waals surface area contributed by atoms with E-state index >= 15 is 0 Å². The number of ether oxygens (including phenoxy) is 1. The van der Waals surface area contributed by atoms with Gasteiger partial charge in [-0.1, -0.05) is 18.2 Å². The number of nitrogens with zero attached hydrogens (tertiary/aromatic N) is 2. The first-order valence-electron chi connectivity index (χ1n) is 8.30. The Morgan fingerprint density at radius 3 is 3.22 bits per heavy atom. The number of para-hydroxylation sites is 1. The van der Waals surface area contributed by atoms with Gasteiger partial charge in [-0.15, -0.1) is 0 Å². The van der Waals surface area contributed by atoms with E-state index in [-0.39, 0.29) is 17.9 Å². The minimum Gasteiger partial charge on any atom is -0.493 e. The lowest BCUT2D eigenvalue weighted by atomic mass is 9.90. The number of hydrogen-bond donors (Lipinski definition) is 1. The maximum Gasteiger partial charge on any atom is 0.220 e. The van der Waals surface area contributed by atoms with Crippen LogP contribution in [0.5, 0.6) is 5.75 Å². The smallest absolute Gasteiger partial charge is 0.220 e. The highest BCUT2D eigenvalue weighted by Gasteiger charge is 2.25. The first-order valence-corrected chi connectivity index (χ1v) is 8.30. The molecule has 23 heavy (non-hydrogen) atoms. The fourth-order valence-electron chi connectivity index (χ4n) is 3.62. The average Bonchev–Trinajstić information content (AvgIpc) is 3.03. The van der Waals surface area contributed by atoms with Crippen LogP contribution in [0.25, 0.3) is 0 Å². The molecule has 2 aliphatic heterocycles. The predicted octanol–water partition coefficient (Wildman–Crippen LogP) is 2.27. The standard InChI is InChI=1S/C18H21N3O2/c22-18(20-14-5-6-17-19-8-9-21(17)12-14)11-13-7-10-23-16-4-2-1-3-15(13)16/h1-4,8-9,13-14H,5-7,10-12H2,(H,20,22). The van der Waals surface area contributed by atoms with E-state index in [1.54, 1.807) is 0 Å². The third-order valence-corrected chi connectivity index (χ3v) is 4.81. The molecule has 0 bridgehead atoms. The zero-order valence-electron chi connectivity index (χ0n) is 13.1. The van der Waals surface area contributed by atoms with Crippen LogP contribution in [0.1, 0.15) is 36.6 Å². The van der Waals surface area contributed by atoms with Crippen molar-refractivity contribution in [1.82, 2.24) is 14.9 Å². The average molecular weight is 311 g/mol. The van der Waals surface area contributed by atoms with Gasteiger partial charge in [0.1, 0.15) is 11.6 Å². The molecule has 5 nitrogen and oxygen atoms in total. The van der Waals surface area contributed by atoms with Crippen molar-refractivity contribution in [2.24, 2.45) is 0 Å². The minimum atomic E-state index is 0.139. The zero-order chi connectivity index (χ0) is 15.6. The van der Waals surface area contributed by atoms with Crippen molar-refractivity contribution < 1.29 is 9.53 Å². The Morgan fingerprint density at radius 2 is 2.26 bits per heavy atom. The Morgan fingerprint density at radius 1 is 1.35 bits per heavy atom. The van der Waals surface area contributed by atoms with Gasteiger partial charge in [0.2, 0.25) is 5.91 Å². The van der Waals surface area contributed by atoms with Gasteiger partial charge in [0.15, 0.2) is 0 Å². The van der Waals surface area contributed by atoms with E-state index in [1.807, 2.05) is 30.6 Å². The van der Waals surface area contributed by atoms with E-state index in [2.05, 4.69) is 20.9 Å². The van der Waals surface area contributed by atoms with Crippen LogP contribution in [-0.2, 0) is 17.8 Å². The molecule has 0 aliphatic carbocycles. The summed E-state index contributed by atoms with van der Waals surface area (Å²) < 4.78 is 7.81. The molecule has 0 saturated heterocycles. The predicted molar refractivity (Wildman–Crippen MR) is 86.4 cm³/mol. The largest absolute Gasteiger partial charge is 0.493 e. The molecule has 0 spiro atoms. The maximum absolute atomic E-state index is 12.5. The van der Waals surface area contributed by atoms with Crippen molar-refractivity contribution in [2.45, 2.75) is 44.2 Å². The second-order valence-corrected chi connectivity index (χ2v) is 6.37. The van der Waals surface area contributed by atoms with Crippen molar-refractivity contribution in [3.63, 3.8) is 0 Å². The first kappa shape index (κ1) is 14.3. The molecule has 2 aliphatic rings. The Kier molecular flexibility index (Phi) is 3.77. The number of benzene rings is 1. The Labute approximate surface area is 135 Å². The molecule has 5 heteroatoms. The third-order valence-electron chi connectivity index (χ3n) is 4.81. The monoisotopic (exact) mass is 311 g/mol. The second-order valence-electron chi connectivity index (χ2n) is 6.37. The minimum absolute atomic E-state index is 0.139. The summed E-state index contributed by atoms with van der Waals surface area (Å²) in [4.78, 5) is 16.8. The topological polar surface area (TPSA) is 56.1 Å². The number of hydrogen-bond acceptors (Lipinski definition) is 3. The molecular weight excluding hydrogens is 290 g/mol. The number of aryl methyl sites for hydroxylation is 1. The van der Waals surface area contributed by atoms with Gasteiger partial charge >= 0.3 is 0 Å². The molecule has 1 N–H and O–H groups in total. The maximum atomic E-state index is 12.5. The van der Waals surface area contributed by atoms with Crippen molar-refractivity contribution >= 4 is 5.91 Å². The number of imidazole rings is 1. The summed E-state index contributed by atoms with van der Waals surface area (Å²) in [5.41, 5.74) is 1.16. The van der Waals surface area contributed by atoms with Gasteiger partial charge in [0, 0.05) is 37.8 Å². The van der Waals surface area contributed by atoms with Crippen LogP contribution >= 0.6 is 0 Å². The van der Waals surface area contributed by atoms with Crippen LogP contribution in [0.3, 0.4) is 0 Å². The second kappa shape index (κ2) is 6.07. The molecule has 3 heterocycles. The summed E-state index contributed by atoms with van der Waals surface area (Å²) in [6.07, 6.45) is 7.15. The van der Waals surface area contributed by atoms with Gasteiger partial charge in [0.25, 0.3) is 0 Å². The van der Waals surface area contributed by atoms with Crippen LogP contribution < -0.4 is 10.1 Å². The highest BCUT2D eigenvalue weighted by Crippen LogP contribution is 2.35. The van der Waals surface area contributed by atoms with Crippen LogP contribution in [0.15, 0.2) is 36.7 Å². The van der Waals surface area contributed by atoms with Crippen LogP contribution in [-0.4, -0.2) is 28.1 Å². The molecule has 2 aromatic rings. The van der Waals surface area contributed by atoms with E-state index in [4.69, 9.17) is 4.74 Å². The van der Waals surface area contributed by atoms with E-state index < -0.39 is 0 Å². The summed E-state index contributed by atoms with van der Waals surface area (Å²) in [5.74, 6) is 2.44. The lowest BCUT2D eigenvalue weighted by molar-refractivity contribution is -0.122. The number of aromatic nitrogens is 2. The molecule has 0 fully saturated rings. The molecule has 4 rings (SSSR count). The Hall–Kier alpha value is -2.30. The molecule has 1 aromatic heterocycles. The molecule has 1 aromatic carbocycles. The number of carbonyl (C=O) groups excluding carboxylic acids is 1.